The predicted octanol–water partition coefficient (Wildman–Crippen LogP) is 3.01. The average Bonchev–Trinajstić information content (AvgIpc) is 2.42. The maximum Gasteiger partial charge on any atom is 0.426 e. The minimum Gasteiger partial charge on any atom is -0.490 e. The smallest absolute Gasteiger partial charge is 0.426 e. The highest BCUT2D eigenvalue weighted by molar-refractivity contribution is 5.95. The van der Waals surface area contributed by atoms with E-state index in [1.807, 2.05) is 19.9 Å². The van der Waals surface area contributed by atoms with Crippen LogP contribution in [0.2, 0.25) is 0 Å². The fourth-order valence-electron chi connectivity index (χ4n) is 1.60. The number of carbonyl (C=O) groups excluding carboxylic acids is 2. The Labute approximate surface area is 138 Å². The summed E-state index contributed by atoms with van der Waals surface area (Å²) in [5.74, 6) is -0.164. The fourth-order valence-corrected chi connectivity index (χ4v) is 1.60. The van der Waals surface area contributed by atoms with Gasteiger partial charge >= 0.3 is 6.09 Å². The number of nitrogens with zero attached hydrogens (tertiary/aromatic N) is 1. The van der Waals surface area contributed by atoms with Gasteiger partial charge in [-0.05, 0) is 52.8 Å². The first kappa shape index (κ1) is 18.3. The van der Waals surface area contributed by atoms with E-state index in [-0.39, 0.29) is 20.1 Å². The van der Waals surface area contributed by atoms with Crippen LogP contribution in [-0.2, 0) is 4.74 Å². The minimum absolute atomic E-state index is 0. The molecule has 0 saturated heterocycles. The topological polar surface area (TPSA) is 100 Å². The highest BCUT2D eigenvalue weighted by Gasteiger charge is 2.17. The highest BCUT2D eigenvalue weighted by atomic mass is 16.6. The van der Waals surface area contributed by atoms with Crippen molar-refractivity contribution < 1.29 is 21.9 Å². The molecule has 7 nitrogen and oxygen atoms in total. The van der Waals surface area contributed by atoms with Gasteiger partial charge in [0, 0.05) is 8.42 Å². The molecule has 2 N–H and O–H groups in total. The first-order valence-electron chi connectivity index (χ1n) is 7.12. The number of hydrogen-bond acceptors (Lipinski definition) is 5. The van der Waals surface area contributed by atoms with Crippen molar-refractivity contribution >= 4 is 12.0 Å². The van der Waals surface area contributed by atoms with Gasteiger partial charge in [0.2, 0.25) is 0 Å². The molecule has 0 saturated carbocycles. The summed E-state index contributed by atoms with van der Waals surface area (Å²) in [5, 5.41) is 9.13. The number of ether oxygens (including phenoxy) is 2. The van der Waals surface area contributed by atoms with Crippen molar-refractivity contribution in [2.24, 2.45) is 0 Å². The summed E-state index contributed by atoms with van der Waals surface area (Å²) in [6.45, 7) is 8.81. The zero-order chi connectivity index (χ0) is 17.6. The van der Waals surface area contributed by atoms with Gasteiger partial charge in [-0.1, -0.05) is 0 Å². The van der Waals surface area contributed by atoms with Gasteiger partial charge < -0.3 is 9.47 Å². The molecule has 0 aliphatic carbocycles. The SMILES string of the molecule is CC(C)Oc1ccc(C(=O)NNC(=O)OC(C)(C)C)cc1C#N.[HH].[HH]. The van der Waals surface area contributed by atoms with E-state index < -0.39 is 17.6 Å². The summed E-state index contributed by atoms with van der Waals surface area (Å²) in [7, 11) is 0. The van der Waals surface area contributed by atoms with Crippen molar-refractivity contribution in [2.75, 3.05) is 0 Å². The van der Waals surface area contributed by atoms with Crippen LogP contribution in [0.4, 0.5) is 4.79 Å². The molecule has 0 aliphatic heterocycles. The quantitative estimate of drug-likeness (QED) is 0.833. The molecule has 7 heteroatoms. The summed E-state index contributed by atoms with van der Waals surface area (Å²) < 4.78 is 10.5. The molecule has 0 heterocycles. The Balaban J connectivity index is 0. The predicted molar refractivity (Wildman–Crippen MR) is 88.0 cm³/mol. The zero-order valence-electron chi connectivity index (χ0n) is 13.9. The molecule has 0 spiro atoms. The Morgan fingerprint density at radius 1 is 1.26 bits per heavy atom. The lowest BCUT2D eigenvalue weighted by Crippen LogP contribution is -2.44. The van der Waals surface area contributed by atoms with Gasteiger partial charge in [-0.3, -0.25) is 10.2 Å². The normalized spacial score (nSPS) is 10.7. The number of nitriles is 1. The molecular formula is C16H25N3O4. The molecule has 2 amide bonds. The van der Waals surface area contributed by atoms with Crippen LogP contribution in [0.5, 0.6) is 5.75 Å². The van der Waals surface area contributed by atoms with E-state index in [0.29, 0.717) is 5.75 Å². The summed E-state index contributed by atoms with van der Waals surface area (Å²) in [5.41, 5.74) is 4.15. The van der Waals surface area contributed by atoms with Crippen LogP contribution >= 0.6 is 0 Å². The molecule has 0 radical (unpaired) electrons. The maximum atomic E-state index is 12.0. The zero-order valence-corrected chi connectivity index (χ0v) is 13.9. The van der Waals surface area contributed by atoms with Crippen molar-refractivity contribution in [3.05, 3.63) is 29.3 Å². The lowest BCUT2D eigenvalue weighted by Gasteiger charge is -2.19. The van der Waals surface area contributed by atoms with Crippen LogP contribution in [0.15, 0.2) is 18.2 Å². The van der Waals surface area contributed by atoms with Crippen LogP contribution in [0, 0.1) is 11.3 Å². The van der Waals surface area contributed by atoms with Crippen LogP contribution in [0.25, 0.3) is 0 Å². The van der Waals surface area contributed by atoms with E-state index in [0.717, 1.165) is 0 Å². The Hall–Kier alpha value is -2.75. The molecule has 1 aromatic carbocycles. The van der Waals surface area contributed by atoms with Gasteiger partial charge in [0.05, 0.1) is 11.7 Å². The standard InChI is InChI=1S/C16H21N3O4.2H2/c1-10(2)22-13-7-6-11(8-12(13)9-17)14(20)18-19-15(21)23-16(3,4)5;;/h6-8,10H,1-5H3,(H,18,20)(H,19,21);2*1H. The van der Waals surface area contributed by atoms with E-state index in [9.17, 15) is 9.59 Å². The van der Waals surface area contributed by atoms with Gasteiger partial charge in [0.1, 0.15) is 17.4 Å². The van der Waals surface area contributed by atoms with E-state index in [4.69, 9.17) is 14.7 Å². The fraction of sp³-hybridized carbons (Fsp3) is 0.438. The van der Waals surface area contributed by atoms with Crippen molar-refractivity contribution in [3.63, 3.8) is 0 Å². The van der Waals surface area contributed by atoms with Crippen molar-refractivity contribution in [1.82, 2.24) is 10.9 Å². The molecule has 128 valence electrons. The number of hydrogen-bond donors (Lipinski definition) is 2. The number of amides is 2. The molecule has 0 fully saturated rings. The Morgan fingerprint density at radius 2 is 1.91 bits per heavy atom. The molecule has 0 atom stereocenters. The van der Waals surface area contributed by atoms with Gasteiger partial charge in [0.15, 0.2) is 0 Å². The van der Waals surface area contributed by atoms with Gasteiger partial charge in [0.25, 0.3) is 5.91 Å². The van der Waals surface area contributed by atoms with Crippen LogP contribution in [0.3, 0.4) is 0 Å². The number of carbonyl (C=O) groups is 2. The molecule has 1 aromatic rings. The first-order chi connectivity index (χ1) is 10.6. The second kappa shape index (κ2) is 7.49. The van der Waals surface area contributed by atoms with Crippen LogP contribution in [-0.4, -0.2) is 23.7 Å². The number of rotatable bonds is 3. The third-order valence-corrected chi connectivity index (χ3v) is 2.40. The molecule has 23 heavy (non-hydrogen) atoms. The molecule has 1 rings (SSSR count). The number of benzene rings is 1. The van der Waals surface area contributed by atoms with E-state index >= 15 is 0 Å². The largest absolute Gasteiger partial charge is 0.490 e. The van der Waals surface area contributed by atoms with Crippen LogP contribution in [0.1, 0.15) is 53.4 Å². The monoisotopic (exact) mass is 323 g/mol. The second-order valence-electron chi connectivity index (χ2n) is 6.07. The average molecular weight is 323 g/mol. The summed E-state index contributed by atoms with van der Waals surface area (Å²) >= 11 is 0. The van der Waals surface area contributed by atoms with E-state index in [1.54, 1.807) is 26.8 Å². The maximum absolute atomic E-state index is 12.0. The summed E-state index contributed by atoms with van der Waals surface area (Å²) in [6, 6.07) is 6.42. The number of hydrazine groups is 1. The third kappa shape index (κ3) is 6.26. The summed E-state index contributed by atoms with van der Waals surface area (Å²) in [6.07, 6.45) is -0.860. The lowest BCUT2D eigenvalue weighted by atomic mass is 10.1. The van der Waals surface area contributed by atoms with Crippen molar-refractivity contribution in [3.8, 4) is 11.8 Å². The first-order valence-corrected chi connectivity index (χ1v) is 7.12. The van der Waals surface area contributed by atoms with Crippen molar-refractivity contribution in [2.45, 2.75) is 46.3 Å². The van der Waals surface area contributed by atoms with Crippen LogP contribution < -0.4 is 15.6 Å². The highest BCUT2D eigenvalue weighted by Crippen LogP contribution is 2.20. The molecular weight excluding hydrogens is 298 g/mol. The third-order valence-electron chi connectivity index (χ3n) is 2.40. The molecule has 0 aliphatic rings. The summed E-state index contributed by atoms with van der Waals surface area (Å²) in [4.78, 5) is 23.5. The van der Waals surface area contributed by atoms with Gasteiger partial charge in [-0.25, -0.2) is 10.2 Å². The molecule has 0 bridgehead atoms. The molecule has 0 unspecified atom stereocenters. The van der Waals surface area contributed by atoms with Gasteiger partial charge in [-0.2, -0.15) is 5.26 Å². The lowest BCUT2D eigenvalue weighted by molar-refractivity contribution is 0.0483. The Kier molecular flexibility index (Phi) is 5.96. The Morgan fingerprint density at radius 3 is 2.43 bits per heavy atom. The Bertz CT molecular complexity index is 637. The van der Waals surface area contributed by atoms with Crippen molar-refractivity contribution in [1.29, 1.82) is 5.26 Å². The van der Waals surface area contributed by atoms with Gasteiger partial charge in [-0.15, -0.1) is 0 Å². The molecule has 0 aromatic heterocycles. The number of nitrogens with one attached hydrogen (secondary N) is 2. The van der Waals surface area contributed by atoms with E-state index in [2.05, 4.69) is 10.9 Å². The van der Waals surface area contributed by atoms with E-state index in [1.165, 1.54) is 12.1 Å². The second-order valence-corrected chi connectivity index (χ2v) is 6.07. The minimum atomic E-state index is -0.772.